The van der Waals surface area contributed by atoms with Gasteiger partial charge in [-0.2, -0.15) is 13.2 Å². The van der Waals surface area contributed by atoms with E-state index in [1.807, 2.05) is 0 Å². The fourth-order valence-corrected chi connectivity index (χ4v) is 1.92. The van der Waals surface area contributed by atoms with Crippen LogP contribution in [0.4, 0.5) is 19.0 Å². The van der Waals surface area contributed by atoms with E-state index in [1.165, 1.54) is 6.07 Å². The van der Waals surface area contributed by atoms with Gasteiger partial charge in [0.1, 0.15) is 5.82 Å². The van der Waals surface area contributed by atoms with Gasteiger partial charge in [0.2, 0.25) is 0 Å². The third-order valence-corrected chi connectivity index (χ3v) is 3.08. The fraction of sp³-hybridized carbons (Fsp3) is 0.500. The molecule has 2 heterocycles. The minimum Gasteiger partial charge on any atom is -0.369 e. The van der Waals surface area contributed by atoms with Crippen LogP contribution < -0.4 is 10.6 Å². The van der Waals surface area contributed by atoms with Crippen molar-refractivity contribution in [3.8, 4) is 0 Å². The van der Waals surface area contributed by atoms with Crippen molar-refractivity contribution in [1.29, 1.82) is 5.41 Å². The standard InChI is InChI=1S/C12H15F3N4/c13-12(14,15)9-1-2-11(19-7-9)18-6-8-5-17-4-3-10(8)16/h1-2,7-8,16-17H,3-6H2,(H,18,19). The molecule has 0 bridgehead atoms. The number of pyridine rings is 1. The molecule has 104 valence electrons. The summed E-state index contributed by atoms with van der Waals surface area (Å²) >= 11 is 0. The Morgan fingerprint density at radius 1 is 1.42 bits per heavy atom. The molecule has 3 N–H and O–H groups in total. The van der Waals surface area contributed by atoms with Crippen molar-refractivity contribution in [2.75, 3.05) is 25.0 Å². The van der Waals surface area contributed by atoms with Crippen molar-refractivity contribution in [3.05, 3.63) is 23.9 Å². The van der Waals surface area contributed by atoms with E-state index in [1.54, 1.807) is 0 Å². The van der Waals surface area contributed by atoms with Gasteiger partial charge in [0, 0.05) is 37.5 Å². The first kappa shape index (κ1) is 13.8. The van der Waals surface area contributed by atoms with E-state index in [2.05, 4.69) is 15.6 Å². The fourth-order valence-electron chi connectivity index (χ4n) is 1.92. The zero-order valence-corrected chi connectivity index (χ0v) is 10.2. The molecule has 1 aliphatic heterocycles. The summed E-state index contributed by atoms with van der Waals surface area (Å²) in [6.45, 7) is 2.03. The third kappa shape index (κ3) is 3.66. The third-order valence-electron chi connectivity index (χ3n) is 3.08. The minimum absolute atomic E-state index is 0.0674. The Hall–Kier alpha value is -1.63. The molecule has 7 heteroatoms. The molecule has 0 aromatic carbocycles. The van der Waals surface area contributed by atoms with Crippen LogP contribution in [0.1, 0.15) is 12.0 Å². The van der Waals surface area contributed by atoms with Crippen LogP contribution in [0.2, 0.25) is 0 Å². The average Bonchev–Trinajstić information content (AvgIpc) is 2.37. The lowest BCUT2D eigenvalue weighted by molar-refractivity contribution is -0.137. The Kier molecular flexibility index (Phi) is 4.04. The summed E-state index contributed by atoms with van der Waals surface area (Å²) in [5.74, 6) is 0.462. The van der Waals surface area contributed by atoms with Gasteiger partial charge < -0.3 is 16.0 Å². The molecule has 1 atom stereocenters. The molecule has 1 saturated heterocycles. The van der Waals surface area contributed by atoms with Crippen LogP contribution in [0.15, 0.2) is 18.3 Å². The van der Waals surface area contributed by atoms with Crippen LogP contribution in [0.3, 0.4) is 0 Å². The second kappa shape index (κ2) is 5.56. The molecule has 0 amide bonds. The first-order valence-corrected chi connectivity index (χ1v) is 6.02. The molecule has 1 unspecified atom stereocenters. The van der Waals surface area contributed by atoms with Gasteiger partial charge in [0.25, 0.3) is 0 Å². The van der Waals surface area contributed by atoms with Crippen molar-refractivity contribution >= 4 is 11.5 Å². The Bertz CT molecular complexity index is 441. The summed E-state index contributed by atoms with van der Waals surface area (Å²) in [6.07, 6.45) is -2.83. The van der Waals surface area contributed by atoms with Crippen LogP contribution in [-0.2, 0) is 6.18 Å². The Morgan fingerprint density at radius 3 is 2.79 bits per heavy atom. The maximum Gasteiger partial charge on any atom is 0.417 e. The summed E-state index contributed by atoms with van der Waals surface area (Å²) in [4.78, 5) is 3.73. The zero-order chi connectivity index (χ0) is 13.9. The molecule has 1 aromatic heterocycles. The predicted octanol–water partition coefficient (Wildman–Crippen LogP) is 2.14. The predicted molar refractivity (Wildman–Crippen MR) is 66.4 cm³/mol. The van der Waals surface area contributed by atoms with Crippen LogP contribution in [-0.4, -0.2) is 30.3 Å². The van der Waals surface area contributed by atoms with Crippen molar-refractivity contribution in [2.45, 2.75) is 12.6 Å². The number of alkyl halides is 3. The van der Waals surface area contributed by atoms with Crippen LogP contribution in [0, 0.1) is 11.3 Å². The van der Waals surface area contributed by atoms with E-state index < -0.39 is 11.7 Å². The van der Waals surface area contributed by atoms with E-state index in [4.69, 9.17) is 5.41 Å². The average molecular weight is 272 g/mol. The quantitative estimate of drug-likeness (QED) is 0.790. The number of nitrogens with one attached hydrogen (secondary N) is 3. The summed E-state index contributed by atoms with van der Waals surface area (Å²) in [7, 11) is 0. The highest BCUT2D eigenvalue weighted by atomic mass is 19.4. The van der Waals surface area contributed by atoms with Crippen molar-refractivity contribution in [1.82, 2.24) is 10.3 Å². The van der Waals surface area contributed by atoms with Gasteiger partial charge in [0.15, 0.2) is 0 Å². The topological polar surface area (TPSA) is 60.8 Å². The highest BCUT2D eigenvalue weighted by Gasteiger charge is 2.30. The van der Waals surface area contributed by atoms with E-state index in [0.717, 1.165) is 18.8 Å². The number of nitrogens with zero attached hydrogens (tertiary/aromatic N) is 1. The first-order valence-electron chi connectivity index (χ1n) is 6.02. The zero-order valence-electron chi connectivity index (χ0n) is 10.2. The Balaban J connectivity index is 1.91. The van der Waals surface area contributed by atoms with Crippen molar-refractivity contribution in [3.63, 3.8) is 0 Å². The van der Waals surface area contributed by atoms with E-state index in [-0.39, 0.29) is 5.92 Å². The number of rotatable bonds is 3. The van der Waals surface area contributed by atoms with Gasteiger partial charge in [0.05, 0.1) is 5.56 Å². The Labute approximate surface area is 108 Å². The summed E-state index contributed by atoms with van der Waals surface area (Å²) in [5, 5.41) is 13.9. The largest absolute Gasteiger partial charge is 0.417 e. The number of hydrogen-bond acceptors (Lipinski definition) is 4. The molecular formula is C12H15F3N4. The smallest absolute Gasteiger partial charge is 0.369 e. The summed E-state index contributed by atoms with van der Waals surface area (Å²) in [6, 6.07) is 2.31. The molecule has 1 aliphatic rings. The molecule has 19 heavy (non-hydrogen) atoms. The van der Waals surface area contributed by atoms with Crippen molar-refractivity contribution < 1.29 is 13.2 Å². The lowest BCUT2D eigenvalue weighted by atomic mass is 9.97. The SMILES string of the molecule is N=C1CCNCC1CNc1ccc(C(F)(F)F)cn1. The normalized spacial score (nSPS) is 20.4. The molecule has 0 aliphatic carbocycles. The molecule has 0 radical (unpaired) electrons. The van der Waals surface area contributed by atoms with E-state index >= 15 is 0 Å². The second-order valence-electron chi connectivity index (χ2n) is 4.49. The maximum absolute atomic E-state index is 12.4. The summed E-state index contributed by atoms with van der Waals surface area (Å²) < 4.78 is 37.1. The maximum atomic E-state index is 12.4. The van der Waals surface area contributed by atoms with E-state index in [0.29, 0.717) is 31.0 Å². The summed E-state index contributed by atoms with van der Waals surface area (Å²) in [5.41, 5.74) is -0.0942. The number of anilines is 1. The van der Waals surface area contributed by atoms with Gasteiger partial charge in [-0.15, -0.1) is 0 Å². The number of aromatic nitrogens is 1. The minimum atomic E-state index is -4.36. The van der Waals surface area contributed by atoms with Crippen molar-refractivity contribution in [2.24, 2.45) is 5.92 Å². The number of piperidine rings is 1. The van der Waals surface area contributed by atoms with Gasteiger partial charge in [-0.3, -0.25) is 0 Å². The lowest BCUT2D eigenvalue weighted by Gasteiger charge is -2.24. The molecule has 0 spiro atoms. The molecule has 1 fully saturated rings. The first-order chi connectivity index (χ1) is 8.97. The van der Waals surface area contributed by atoms with Crippen LogP contribution in [0.5, 0.6) is 0 Å². The van der Waals surface area contributed by atoms with Gasteiger partial charge in [-0.05, 0) is 18.6 Å². The highest BCUT2D eigenvalue weighted by Crippen LogP contribution is 2.28. The van der Waals surface area contributed by atoms with Gasteiger partial charge in [-0.1, -0.05) is 0 Å². The monoisotopic (exact) mass is 272 g/mol. The lowest BCUT2D eigenvalue weighted by Crippen LogP contribution is -2.40. The highest BCUT2D eigenvalue weighted by molar-refractivity contribution is 5.85. The molecular weight excluding hydrogens is 257 g/mol. The molecule has 2 rings (SSSR count). The van der Waals surface area contributed by atoms with Crippen LogP contribution in [0.25, 0.3) is 0 Å². The van der Waals surface area contributed by atoms with E-state index in [9.17, 15) is 13.2 Å². The second-order valence-corrected chi connectivity index (χ2v) is 4.49. The molecule has 1 aromatic rings. The number of halogens is 3. The van der Waals surface area contributed by atoms with Gasteiger partial charge >= 0.3 is 6.18 Å². The number of hydrogen-bond donors (Lipinski definition) is 3. The molecule has 0 saturated carbocycles. The molecule has 4 nitrogen and oxygen atoms in total. The van der Waals surface area contributed by atoms with Crippen LogP contribution >= 0.6 is 0 Å². The van der Waals surface area contributed by atoms with Gasteiger partial charge in [-0.25, -0.2) is 4.98 Å². The Morgan fingerprint density at radius 2 is 2.21 bits per heavy atom.